The fraction of sp³-hybridized carbons (Fsp3) is 0.733. The molecule has 7 heteroatoms. The molecule has 0 aromatic carbocycles. The Morgan fingerprint density at radius 3 is 2.09 bits per heavy atom. The van der Waals surface area contributed by atoms with Gasteiger partial charge in [0.15, 0.2) is 11.0 Å². The molecule has 1 aromatic rings. The molecule has 1 rings (SSSR count). The van der Waals surface area contributed by atoms with Gasteiger partial charge in [0.25, 0.3) is 0 Å². The number of carbonyl (C=O) groups excluding carboxylic acids is 2. The van der Waals surface area contributed by atoms with E-state index >= 15 is 0 Å². The second-order valence-electron chi connectivity index (χ2n) is 7.52. The highest BCUT2D eigenvalue weighted by Crippen LogP contribution is 2.26. The average molecular weight is 326 g/mol. The molecule has 0 unspecified atom stereocenters. The molecule has 0 fully saturated rings. The minimum absolute atomic E-state index is 0.113. The molecule has 0 saturated heterocycles. The van der Waals surface area contributed by atoms with Crippen LogP contribution in [0.5, 0.6) is 0 Å². The monoisotopic (exact) mass is 326 g/mol. The van der Waals surface area contributed by atoms with Gasteiger partial charge in [0.2, 0.25) is 0 Å². The Bertz CT molecular complexity index is 565. The maximum atomic E-state index is 12.2. The van der Waals surface area contributed by atoms with Crippen molar-refractivity contribution < 1.29 is 9.59 Å². The summed E-state index contributed by atoms with van der Waals surface area (Å²) in [5.41, 5.74) is -0.669. The van der Waals surface area contributed by atoms with Gasteiger partial charge in [0.05, 0.1) is 5.75 Å². The highest BCUT2D eigenvalue weighted by molar-refractivity contribution is 7.99. The van der Waals surface area contributed by atoms with E-state index in [0.29, 0.717) is 11.0 Å². The van der Waals surface area contributed by atoms with Crippen LogP contribution in [-0.4, -0.2) is 51.3 Å². The fourth-order valence-electron chi connectivity index (χ4n) is 1.37. The molecule has 0 atom stereocenters. The van der Waals surface area contributed by atoms with Crippen LogP contribution in [0, 0.1) is 5.41 Å². The van der Waals surface area contributed by atoms with Crippen LogP contribution in [0.3, 0.4) is 0 Å². The van der Waals surface area contributed by atoms with Crippen LogP contribution < -0.4 is 0 Å². The third kappa shape index (κ3) is 4.56. The van der Waals surface area contributed by atoms with Crippen molar-refractivity contribution in [2.24, 2.45) is 5.41 Å². The summed E-state index contributed by atoms with van der Waals surface area (Å²) in [4.78, 5) is 30.2. The number of hydrogen-bond donors (Lipinski definition) is 0. The molecule has 6 nitrogen and oxygen atoms in total. The summed E-state index contributed by atoms with van der Waals surface area (Å²) in [6, 6.07) is -0.270. The first-order valence-corrected chi connectivity index (χ1v) is 8.18. The van der Waals surface area contributed by atoms with Gasteiger partial charge in [0.1, 0.15) is 5.78 Å². The normalized spacial score (nSPS) is 12.4. The maximum absolute atomic E-state index is 12.2. The van der Waals surface area contributed by atoms with Gasteiger partial charge in [-0.25, -0.2) is 9.78 Å². The Morgan fingerprint density at radius 2 is 1.68 bits per heavy atom. The van der Waals surface area contributed by atoms with Crippen LogP contribution in [0.15, 0.2) is 5.16 Å². The van der Waals surface area contributed by atoms with Crippen molar-refractivity contribution in [1.29, 1.82) is 0 Å². The summed E-state index contributed by atoms with van der Waals surface area (Å²) in [6.45, 7) is 11.6. The van der Waals surface area contributed by atoms with Crippen LogP contribution in [-0.2, 0) is 10.2 Å². The second-order valence-corrected chi connectivity index (χ2v) is 8.46. The van der Waals surface area contributed by atoms with E-state index < -0.39 is 5.41 Å². The third-order valence-electron chi connectivity index (χ3n) is 2.98. The number of Topliss-reactive ketones (excluding diaryl/α,β-unsaturated/α-hetero) is 1. The quantitative estimate of drug-likeness (QED) is 0.799. The van der Waals surface area contributed by atoms with Crippen LogP contribution in [0.4, 0.5) is 4.79 Å². The first kappa shape index (κ1) is 18.7. The summed E-state index contributed by atoms with van der Waals surface area (Å²) in [5, 5.41) is 4.78. The molecule has 124 valence electrons. The lowest BCUT2D eigenvalue weighted by atomic mass is 9.92. The lowest BCUT2D eigenvalue weighted by molar-refractivity contribution is -0.123. The molecule has 0 saturated carbocycles. The topological polar surface area (TPSA) is 68.1 Å². The van der Waals surface area contributed by atoms with E-state index in [9.17, 15) is 9.59 Å². The standard InChI is InChI=1S/C15H26N4O2S/c1-14(2,3)10(20)9-22-12-16-11(15(4,5)6)17-19(12)13(21)18(7)8/h9H2,1-8H3. The Labute approximate surface area is 136 Å². The van der Waals surface area contributed by atoms with Gasteiger partial charge in [-0.1, -0.05) is 53.3 Å². The predicted octanol–water partition coefficient (Wildman–Crippen LogP) is 2.81. The van der Waals surface area contributed by atoms with Crippen LogP contribution in [0.1, 0.15) is 47.4 Å². The number of thioether (sulfide) groups is 1. The maximum Gasteiger partial charge on any atom is 0.346 e. The minimum Gasteiger partial charge on any atom is -0.329 e. The summed E-state index contributed by atoms with van der Waals surface area (Å²) in [7, 11) is 3.32. The molecule has 1 aromatic heterocycles. The summed E-state index contributed by atoms with van der Waals surface area (Å²) >= 11 is 1.26. The molecule has 0 N–H and O–H groups in total. The smallest absolute Gasteiger partial charge is 0.329 e. The van der Waals surface area contributed by atoms with Crippen molar-refractivity contribution in [2.45, 2.75) is 52.1 Å². The van der Waals surface area contributed by atoms with E-state index in [1.165, 1.54) is 21.3 Å². The van der Waals surface area contributed by atoms with E-state index in [1.54, 1.807) is 14.1 Å². The Balaban J connectivity index is 3.09. The molecule has 22 heavy (non-hydrogen) atoms. The molecule has 0 aliphatic carbocycles. The fourth-order valence-corrected chi connectivity index (χ4v) is 2.45. The highest BCUT2D eigenvalue weighted by Gasteiger charge is 2.27. The van der Waals surface area contributed by atoms with Crippen molar-refractivity contribution in [3.8, 4) is 0 Å². The van der Waals surface area contributed by atoms with Crippen molar-refractivity contribution in [3.63, 3.8) is 0 Å². The van der Waals surface area contributed by atoms with Crippen LogP contribution in [0.25, 0.3) is 0 Å². The summed E-state index contributed by atoms with van der Waals surface area (Å²) in [5.74, 6) is 0.974. The van der Waals surface area contributed by atoms with Gasteiger partial charge in [-0.2, -0.15) is 4.68 Å². The largest absolute Gasteiger partial charge is 0.346 e. The van der Waals surface area contributed by atoms with E-state index in [4.69, 9.17) is 0 Å². The van der Waals surface area contributed by atoms with Gasteiger partial charge >= 0.3 is 6.03 Å². The number of rotatable bonds is 3. The number of nitrogens with zero attached hydrogens (tertiary/aromatic N) is 4. The van der Waals surface area contributed by atoms with E-state index in [2.05, 4.69) is 10.1 Å². The molecule has 0 bridgehead atoms. The molecule has 0 aliphatic heterocycles. The number of amides is 1. The molecular weight excluding hydrogens is 300 g/mol. The van der Waals surface area contributed by atoms with Crippen LogP contribution >= 0.6 is 11.8 Å². The predicted molar refractivity (Wildman–Crippen MR) is 88.4 cm³/mol. The van der Waals surface area contributed by atoms with Gasteiger partial charge < -0.3 is 4.90 Å². The average Bonchev–Trinajstić information content (AvgIpc) is 2.77. The molecule has 0 radical (unpaired) electrons. The number of hydrogen-bond acceptors (Lipinski definition) is 5. The van der Waals surface area contributed by atoms with Gasteiger partial charge in [-0.15, -0.1) is 5.10 Å². The van der Waals surface area contributed by atoms with Crippen molar-refractivity contribution >= 4 is 23.6 Å². The third-order valence-corrected chi connectivity index (χ3v) is 3.91. The molecule has 0 aliphatic rings. The van der Waals surface area contributed by atoms with E-state index in [-0.39, 0.29) is 23.0 Å². The van der Waals surface area contributed by atoms with Crippen molar-refractivity contribution in [1.82, 2.24) is 19.7 Å². The van der Waals surface area contributed by atoms with Crippen LogP contribution in [0.2, 0.25) is 0 Å². The highest BCUT2D eigenvalue weighted by atomic mass is 32.2. The van der Waals surface area contributed by atoms with E-state index in [0.717, 1.165) is 0 Å². The minimum atomic E-state index is -0.406. The van der Waals surface area contributed by atoms with Gasteiger partial charge in [-0.3, -0.25) is 4.79 Å². The lowest BCUT2D eigenvalue weighted by Gasteiger charge is -2.16. The second kappa shape index (κ2) is 6.40. The number of carbonyl (C=O) groups is 2. The number of aromatic nitrogens is 3. The Hall–Kier alpha value is -1.37. The molecule has 1 heterocycles. The zero-order valence-electron chi connectivity index (χ0n) is 14.7. The van der Waals surface area contributed by atoms with E-state index in [1.807, 2.05) is 41.5 Å². The number of ketones is 1. The zero-order chi connectivity index (χ0) is 17.3. The first-order valence-electron chi connectivity index (χ1n) is 7.19. The summed E-state index contributed by atoms with van der Waals surface area (Å²) in [6.07, 6.45) is 0. The lowest BCUT2D eigenvalue weighted by Crippen LogP contribution is -2.29. The Morgan fingerprint density at radius 1 is 1.14 bits per heavy atom. The van der Waals surface area contributed by atoms with Gasteiger partial charge in [0, 0.05) is 24.9 Å². The Kier molecular flexibility index (Phi) is 5.43. The zero-order valence-corrected chi connectivity index (χ0v) is 15.5. The molecule has 0 spiro atoms. The SMILES string of the molecule is CN(C)C(=O)n1nc(C(C)(C)C)nc1SCC(=O)C(C)(C)C. The first-order chi connectivity index (χ1) is 9.84. The van der Waals surface area contributed by atoms with Crippen molar-refractivity contribution in [3.05, 3.63) is 5.82 Å². The molecular formula is C15H26N4O2S. The van der Waals surface area contributed by atoms with Gasteiger partial charge in [-0.05, 0) is 0 Å². The summed E-state index contributed by atoms with van der Waals surface area (Å²) < 4.78 is 1.28. The van der Waals surface area contributed by atoms with Crippen molar-refractivity contribution in [2.75, 3.05) is 19.8 Å². The molecule has 1 amide bonds.